The van der Waals surface area contributed by atoms with Crippen molar-refractivity contribution in [3.05, 3.63) is 77.6 Å². The summed E-state index contributed by atoms with van der Waals surface area (Å²) in [5, 5.41) is 4.11. The average molecular weight is 473 g/mol. The van der Waals surface area contributed by atoms with Crippen LogP contribution in [0.4, 0.5) is 0 Å². The van der Waals surface area contributed by atoms with Crippen LogP contribution in [0.3, 0.4) is 0 Å². The molecule has 0 spiro atoms. The molecule has 1 aromatic carbocycles. The highest BCUT2D eigenvalue weighted by Gasteiger charge is 2.26. The van der Waals surface area contributed by atoms with Crippen LogP contribution < -0.4 is 4.74 Å². The summed E-state index contributed by atoms with van der Waals surface area (Å²) in [4.78, 5) is 26.4. The van der Waals surface area contributed by atoms with Gasteiger partial charge < -0.3 is 18.7 Å². The molecule has 9 heteroatoms. The molecular formula is C26H28N6O3. The molecule has 9 nitrogen and oxygen atoms in total. The maximum atomic E-state index is 13.3. The molecule has 4 heterocycles. The summed E-state index contributed by atoms with van der Waals surface area (Å²) in [7, 11) is 1.63. The highest BCUT2D eigenvalue weighted by atomic mass is 16.5. The number of hydrogen-bond donors (Lipinski definition) is 0. The van der Waals surface area contributed by atoms with Crippen LogP contribution >= 0.6 is 0 Å². The average Bonchev–Trinajstić information content (AvgIpc) is 3.48. The molecule has 0 saturated carbocycles. The Balaban J connectivity index is 1.20. The first-order valence-electron chi connectivity index (χ1n) is 11.6. The van der Waals surface area contributed by atoms with Crippen molar-refractivity contribution in [1.82, 2.24) is 29.5 Å². The van der Waals surface area contributed by atoms with Crippen LogP contribution in [0.5, 0.6) is 5.75 Å². The number of aryl methyl sites for hydroxylation is 1. The molecule has 0 radical (unpaired) electrons. The summed E-state index contributed by atoms with van der Waals surface area (Å²) < 4.78 is 12.7. The van der Waals surface area contributed by atoms with Gasteiger partial charge in [-0.05, 0) is 56.3 Å². The molecule has 1 amide bonds. The summed E-state index contributed by atoms with van der Waals surface area (Å²) in [6.07, 6.45) is 1.76. The molecule has 0 N–H and O–H groups in total. The van der Waals surface area contributed by atoms with Crippen molar-refractivity contribution in [2.45, 2.75) is 20.4 Å². The third-order valence-electron chi connectivity index (χ3n) is 6.37. The second kappa shape index (κ2) is 9.71. The Morgan fingerprint density at radius 3 is 2.51 bits per heavy atom. The van der Waals surface area contributed by atoms with Crippen LogP contribution in [0.25, 0.3) is 17.2 Å². The van der Waals surface area contributed by atoms with Crippen molar-refractivity contribution < 1.29 is 14.1 Å². The van der Waals surface area contributed by atoms with Crippen molar-refractivity contribution in [1.29, 1.82) is 0 Å². The largest absolute Gasteiger partial charge is 0.497 e. The number of amides is 1. The van der Waals surface area contributed by atoms with Crippen LogP contribution in [-0.2, 0) is 6.54 Å². The molecule has 3 aromatic heterocycles. The van der Waals surface area contributed by atoms with Gasteiger partial charge in [0.1, 0.15) is 11.6 Å². The molecule has 1 saturated heterocycles. The standard InChI is InChI=1S/C26H28N6O3/c1-18-16-22(19(2)32(18)23-6-4-5-11-27-23)26(33)31-14-12-30(13-15-31)17-24-28-25(29-35-24)20-7-9-21(34-3)10-8-20/h4-11,16H,12-15,17H2,1-3H3. The van der Waals surface area contributed by atoms with Crippen molar-refractivity contribution >= 4 is 5.91 Å². The van der Waals surface area contributed by atoms with E-state index in [1.54, 1.807) is 13.3 Å². The first kappa shape index (κ1) is 22.8. The normalized spacial score (nSPS) is 14.3. The van der Waals surface area contributed by atoms with Gasteiger partial charge in [0.15, 0.2) is 0 Å². The Morgan fingerprint density at radius 2 is 1.83 bits per heavy atom. The molecule has 0 aliphatic carbocycles. The Bertz CT molecular complexity index is 1300. The Hall–Kier alpha value is -3.98. The lowest BCUT2D eigenvalue weighted by molar-refractivity contribution is 0.0614. The van der Waals surface area contributed by atoms with Gasteiger partial charge in [-0.3, -0.25) is 9.69 Å². The molecule has 1 aliphatic rings. The summed E-state index contributed by atoms with van der Waals surface area (Å²) in [6, 6.07) is 15.3. The van der Waals surface area contributed by atoms with E-state index in [9.17, 15) is 4.79 Å². The van der Waals surface area contributed by atoms with Gasteiger partial charge in [-0.15, -0.1) is 0 Å². The molecule has 0 unspecified atom stereocenters. The van der Waals surface area contributed by atoms with E-state index in [4.69, 9.17) is 9.26 Å². The second-order valence-corrected chi connectivity index (χ2v) is 8.62. The lowest BCUT2D eigenvalue weighted by Gasteiger charge is -2.34. The molecule has 1 fully saturated rings. The predicted molar refractivity (Wildman–Crippen MR) is 131 cm³/mol. The number of ether oxygens (including phenoxy) is 1. The van der Waals surface area contributed by atoms with Crippen molar-refractivity contribution in [2.75, 3.05) is 33.3 Å². The molecule has 180 valence electrons. The quantitative estimate of drug-likeness (QED) is 0.424. The van der Waals surface area contributed by atoms with Crippen LogP contribution in [0.1, 0.15) is 27.6 Å². The predicted octanol–water partition coefficient (Wildman–Crippen LogP) is 3.51. The number of hydrogen-bond acceptors (Lipinski definition) is 7. The molecule has 0 atom stereocenters. The minimum atomic E-state index is 0.0551. The highest BCUT2D eigenvalue weighted by Crippen LogP contribution is 2.23. The molecule has 5 rings (SSSR count). The third kappa shape index (κ3) is 4.67. The number of pyridine rings is 1. The molecular weight excluding hydrogens is 444 g/mol. The first-order valence-corrected chi connectivity index (χ1v) is 11.6. The van der Waals surface area contributed by atoms with Gasteiger partial charge in [-0.25, -0.2) is 4.98 Å². The summed E-state index contributed by atoms with van der Waals surface area (Å²) in [6.45, 7) is 7.30. The molecule has 4 aromatic rings. The van der Waals surface area contributed by atoms with Crippen LogP contribution in [0.15, 0.2) is 59.3 Å². The van der Waals surface area contributed by atoms with Gasteiger partial charge in [-0.1, -0.05) is 11.2 Å². The maximum Gasteiger partial charge on any atom is 0.255 e. The van der Waals surface area contributed by atoms with E-state index in [1.807, 2.05) is 71.8 Å². The zero-order chi connectivity index (χ0) is 24.4. The van der Waals surface area contributed by atoms with Gasteiger partial charge in [0.2, 0.25) is 11.7 Å². The van der Waals surface area contributed by atoms with Crippen molar-refractivity contribution in [3.8, 4) is 23.0 Å². The fourth-order valence-corrected chi connectivity index (χ4v) is 4.47. The summed E-state index contributed by atoms with van der Waals surface area (Å²) >= 11 is 0. The fourth-order valence-electron chi connectivity index (χ4n) is 4.47. The van der Waals surface area contributed by atoms with Crippen LogP contribution in [0, 0.1) is 13.8 Å². The van der Waals surface area contributed by atoms with Crippen molar-refractivity contribution in [3.63, 3.8) is 0 Å². The minimum Gasteiger partial charge on any atom is -0.497 e. The van der Waals surface area contributed by atoms with E-state index >= 15 is 0 Å². The van der Waals surface area contributed by atoms with Gasteiger partial charge in [0.25, 0.3) is 5.91 Å². The maximum absolute atomic E-state index is 13.3. The minimum absolute atomic E-state index is 0.0551. The number of rotatable bonds is 6. The number of aromatic nitrogens is 4. The van der Waals surface area contributed by atoms with Gasteiger partial charge in [-0.2, -0.15) is 4.98 Å². The number of nitrogens with zero attached hydrogens (tertiary/aromatic N) is 6. The molecule has 35 heavy (non-hydrogen) atoms. The van der Waals surface area contributed by atoms with Gasteiger partial charge >= 0.3 is 0 Å². The third-order valence-corrected chi connectivity index (χ3v) is 6.37. The number of carbonyl (C=O) groups is 1. The van der Waals surface area contributed by atoms with E-state index in [2.05, 4.69) is 20.0 Å². The van der Waals surface area contributed by atoms with Crippen LogP contribution in [0.2, 0.25) is 0 Å². The first-order chi connectivity index (χ1) is 17.0. The smallest absolute Gasteiger partial charge is 0.255 e. The number of piperazine rings is 1. The van der Waals surface area contributed by atoms with Gasteiger partial charge in [0.05, 0.1) is 19.2 Å². The number of carbonyl (C=O) groups excluding carboxylic acids is 1. The van der Waals surface area contributed by atoms with E-state index in [-0.39, 0.29) is 5.91 Å². The fraction of sp³-hybridized carbons (Fsp3) is 0.308. The van der Waals surface area contributed by atoms with Crippen molar-refractivity contribution in [2.24, 2.45) is 0 Å². The summed E-state index contributed by atoms with van der Waals surface area (Å²) in [5.74, 6) is 2.78. The Morgan fingerprint density at radius 1 is 1.06 bits per heavy atom. The highest BCUT2D eigenvalue weighted by molar-refractivity contribution is 5.96. The Kier molecular flexibility index (Phi) is 6.33. The van der Waals surface area contributed by atoms with E-state index in [0.717, 1.165) is 47.2 Å². The Labute approximate surface area is 203 Å². The van der Waals surface area contributed by atoms with E-state index in [0.29, 0.717) is 31.3 Å². The molecule has 1 aliphatic heterocycles. The molecule has 0 bridgehead atoms. The lowest BCUT2D eigenvalue weighted by atomic mass is 10.2. The summed E-state index contributed by atoms with van der Waals surface area (Å²) in [5.41, 5.74) is 3.50. The topological polar surface area (TPSA) is 89.5 Å². The second-order valence-electron chi connectivity index (χ2n) is 8.62. The zero-order valence-corrected chi connectivity index (χ0v) is 20.1. The number of benzene rings is 1. The van der Waals surface area contributed by atoms with Gasteiger partial charge in [0, 0.05) is 49.3 Å². The monoisotopic (exact) mass is 472 g/mol. The SMILES string of the molecule is COc1ccc(-c2noc(CN3CCN(C(=O)c4cc(C)n(-c5ccccn5)c4C)CC3)n2)cc1. The van der Waals surface area contributed by atoms with E-state index in [1.165, 1.54) is 0 Å². The number of methoxy groups -OCH3 is 1. The van der Waals surface area contributed by atoms with E-state index < -0.39 is 0 Å². The lowest BCUT2D eigenvalue weighted by Crippen LogP contribution is -2.48. The van der Waals surface area contributed by atoms with Crippen LogP contribution in [-0.4, -0.2) is 68.7 Å². The zero-order valence-electron chi connectivity index (χ0n) is 20.1.